The molecule has 0 saturated heterocycles. The van der Waals surface area contributed by atoms with Gasteiger partial charge >= 0.3 is 0 Å². The highest BCUT2D eigenvalue weighted by molar-refractivity contribution is 6.25. The summed E-state index contributed by atoms with van der Waals surface area (Å²) in [4.78, 5) is 0. The van der Waals surface area contributed by atoms with Gasteiger partial charge in [-0.05, 0) is 115 Å². The van der Waals surface area contributed by atoms with Crippen LogP contribution in [0, 0.1) is 22.7 Å². The summed E-state index contributed by atoms with van der Waals surface area (Å²) in [6.45, 7) is 0. The highest BCUT2D eigenvalue weighted by atomic mass is 16.5. The van der Waals surface area contributed by atoms with E-state index < -0.39 is 0 Å². The number of ether oxygens (including phenoxy) is 2. The molecule has 4 heteroatoms. The predicted octanol–water partition coefficient (Wildman–Crippen LogP) is 12.9. The standard InChI is InChI=1S/C48H24N2O2/c49-25-27-15-18-31-34-13-6-14-39-40(20-22-42(48(34)39)51-43(31)23-27)46-37-9-3-1-7-35(37)45(36-8-2-4-10-38(36)46)28-16-19-32-33-12-5-11-30-29(26-50)17-21-41(47(30)33)52-44(32)24-28/h1-24H. The minimum atomic E-state index is 0.575. The molecule has 0 fully saturated rings. The Hall–Kier alpha value is -7.40. The van der Waals surface area contributed by atoms with Crippen molar-refractivity contribution in [1.29, 1.82) is 10.5 Å². The second kappa shape index (κ2) is 10.6. The van der Waals surface area contributed by atoms with E-state index in [1.807, 2.05) is 42.5 Å². The zero-order valence-electron chi connectivity index (χ0n) is 27.6. The maximum Gasteiger partial charge on any atom is 0.136 e. The summed E-state index contributed by atoms with van der Waals surface area (Å²) in [7, 11) is 0. The van der Waals surface area contributed by atoms with Crippen molar-refractivity contribution in [2.24, 2.45) is 0 Å². The summed E-state index contributed by atoms with van der Waals surface area (Å²) < 4.78 is 13.1. The molecule has 0 aromatic heterocycles. The number of nitrogens with zero attached hydrogens (tertiary/aromatic N) is 2. The molecule has 0 radical (unpaired) electrons. The third-order valence-corrected chi connectivity index (χ3v) is 10.7. The van der Waals surface area contributed by atoms with Crippen molar-refractivity contribution >= 4 is 43.1 Å². The Bertz CT molecular complexity index is 3110. The Morgan fingerprint density at radius 3 is 1.56 bits per heavy atom. The Morgan fingerprint density at radius 2 is 0.904 bits per heavy atom. The SMILES string of the molecule is N#Cc1ccc2c(c1)Oc1ccc(-c3c4ccccc4c(-c4ccc5c(c4)Oc4ccc(C#N)c6cccc-5c46)c4ccccc34)c3cccc-2c13. The van der Waals surface area contributed by atoms with E-state index >= 15 is 0 Å². The molecule has 0 bridgehead atoms. The number of fused-ring (bicyclic) bond motifs is 6. The molecule has 9 aromatic rings. The summed E-state index contributed by atoms with van der Waals surface area (Å²) in [5, 5.41) is 28.0. The van der Waals surface area contributed by atoms with Gasteiger partial charge in [-0.15, -0.1) is 0 Å². The van der Waals surface area contributed by atoms with E-state index in [9.17, 15) is 10.5 Å². The summed E-state index contributed by atoms with van der Waals surface area (Å²) >= 11 is 0. The minimum Gasteiger partial charge on any atom is -0.456 e. The van der Waals surface area contributed by atoms with Gasteiger partial charge in [-0.1, -0.05) is 91.0 Å². The van der Waals surface area contributed by atoms with E-state index in [1.54, 1.807) is 0 Å². The van der Waals surface area contributed by atoms with Gasteiger partial charge in [0, 0.05) is 27.3 Å². The molecule has 2 heterocycles. The molecule has 0 spiro atoms. The van der Waals surface area contributed by atoms with Gasteiger partial charge in [0.15, 0.2) is 0 Å². The van der Waals surface area contributed by atoms with Crippen molar-refractivity contribution in [3.05, 3.63) is 157 Å². The fourth-order valence-electron chi connectivity index (χ4n) is 8.53. The Kier molecular flexibility index (Phi) is 5.77. The number of benzene rings is 9. The Balaban J connectivity index is 1.15. The van der Waals surface area contributed by atoms with Gasteiger partial charge in [0.05, 0.1) is 23.3 Å². The normalized spacial score (nSPS) is 12.1. The molecular weight excluding hydrogens is 637 g/mol. The van der Waals surface area contributed by atoms with Gasteiger partial charge in [-0.2, -0.15) is 10.5 Å². The second-order valence-corrected chi connectivity index (χ2v) is 13.4. The van der Waals surface area contributed by atoms with Crippen LogP contribution in [0.5, 0.6) is 23.0 Å². The lowest BCUT2D eigenvalue weighted by atomic mass is 9.83. The summed E-state index contributed by atoms with van der Waals surface area (Å²) in [5.41, 5.74) is 9.91. The summed E-state index contributed by atoms with van der Waals surface area (Å²) in [5.74, 6) is 3.05. The van der Waals surface area contributed by atoms with E-state index in [1.165, 1.54) is 5.56 Å². The van der Waals surface area contributed by atoms with Crippen LogP contribution in [0.3, 0.4) is 0 Å². The average molecular weight is 661 g/mol. The van der Waals surface area contributed by atoms with Crippen LogP contribution in [0.1, 0.15) is 11.1 Å². The monoisotopic (exact) mass is 660 g/mol. The lowest BCUT2D eigenvalue weighted by Gasteiger charge is -2.24. The third-order valence-electron chi connectivity index (χ3n) is 10.7. The van der Waals surface area contributed by atoms with Gasteiger partial charge in [0.2, 0.25) is 0 Å². The van der Waals surface area contributed by atoms with Crippen LogP contribution in [-0.4, -0.2) is 0 Å². The smallest absolute Gasteiger partial charge is 0.136 e. The summed E-state index contributed by atoms with van der Waals surface area (Å²) in [6, 6.07) is 54.7. The first-order valence-electron chi connectivity index (χ1n) is 17.2. The van der Waals surface area contributed by atoms with E-state index in [0.717, 1.165) is 99.3 Å². The lowest BCUT2D eigenvalue weighted by Crippen LogP contribution is -1.99. The van der Waals surface area contributed by atoms with Crippen LogP contribution >= 0.6 is 0 Å². The quantitative estimate of drug-likeness (QED) is 0.173. The number of rotatable bonds is 2. The third kappa shape index (κ3) is 3.84. The fourth-order valence-corrected chi connectivity index (χ4v) is 8.53. The van der Waals surface area contributed by atoms with Crippen LogP contribution < -0.4 is 9.47 Å². The molecule has 0 N–H and O–H groups in total. The van der Waals surface area contributed by atoms with Crippen LogP contribution in [0.15, 0.2) is 146 Å². The molecule has 238 valence electrons. The van der Waals surface area contributed by atoms with Gasteiger partial charge in [0.1, 0.15) is 23.0 Å². The van der Waals surface area contributed by atoms with E-state index in [0.29, 0.717) is 16.9 Å². The zero-order valence-corrected chi connectivity index (χ0v) is 27.6. The van der Waals surface area contributed by atoms with Crippen molar-refractivity contribution in [3.8, 4) is 79.6 Å². The first-order chi connectivity index (χ1) is 25.7. The maximum absolute atomic E-state index is 9.77. The highest BCUT2D eigenvalue weighted by Gasteiger charge is 2.26. The number of hydrogen-bond donors (Lipinski definition) is 0. The van der Waals surface area contributed by atoms with Crippen molar-refractivity contribution in [2.45, 2.75) is 0 Å². The number of nitriles is 2. The molecule has 0 aliphatic carbocycles. The minimum absolute atomic E-state index is 0.575. The molecular formula is C48H24N2O2. The molecule has 0 unspecified atom stereocenters. The zero-order chi connectivity index (χ0) is 34.5. The fraction of sp³-hybridized carbons (Fsp3) is 0. The first-order valence-corrected chi connectivity index (χ1v) is 17.2. The summed E-state index contributed by atoms with van der Waals surface area (Å²) in [6.07, 6.45) is 0. The van der Waals surface area contributed by atoms with Crippen molar-refractivity contribution < 1.29 is 9.47 Å². The maximum atomic E-state index is 9.77. The van der Waals surface area contributed by atoms with Gasteiger partial charge < -0.3 is 9.47 Å². The molecule has 2 aliphatic rings. The topological polar surface area (TPSA) is 66.0 Å². The predicted molar refractivity (Wildman–Crippen MR) is 208 cm³/mol. The van der Waals surface area contributed by atoms with Gasteiger partial charge in [0.25, 0.3) is 0 Å². The van der Waals surface area contributed by atoms with E-state index in [-0.39, 0.29) is 0 Å². The first kappa shape index (κ1) is 28.4. The van der Waals surface area contributed by atoms with Gasteiger partial charge in [-0.25, -0.2) is 0 Å². The largest absolute Gasteiger partial charge is 0.456 e. The van der Waals surface area contributed by atoms with Crippen LogP contribution in [0.25, 0.3) is 87.6 Å². The lowest BCUT2D eigenvalue weighted by molar-refractivity contribution is 0.487. The molecule has 9 aromatic carbocycles. The molecule has 11 rings (SSSR count). The molecule has 0 atom stereocenters. The second-order valence-electron chi connectivity index (χ2n) is 13.4. The number of hydrogen-bond acceptors (Lipinski definition) is 4. The molecule has 52 heavy (non-hydrogen) atoms. The molecule has 0 saturated carbocycles. The molecule has 2 aliphatic heterocycles. The van der Waals surface area contributed by atoms with Gasteiger partial charge in [-0.3, -0.25) is 0 Å². The Labute approximate surface area is 298 Å². The van der Waals surface area contributed by atoms with Crippen molar-refractivity contribution in [2.75, 3.05) is 0 Å². The Morgan fingerprint density at radius 1 is 0.365 bits per heavy atom. The van der Waals surface area contributed by atoms with Crippen molar-refractivity contribution in [1.82, 2.24) is 0 Å². The molecule has 4 nitrogen and oxygen atoms in total. The van der Waals surface area contributed by atoms with E-state index in [4.69, 9.17) is 9.47 Å². The van der Waals surface area contributed by atoms with Crippen LogP contribution in [0.4, 0.5) is 0 Å². The molecule has 0 amide bonds. The van der Waals surface area contributed by atoms with Crippen LogP contribution in [-0.2, 0) is 0 Å². The highest BCUT2D eigenvalue weighted by Crippen LogP contribution is 2.53. The average Bonchev–Trinajstić information content (AvgIpc) is 3.20. The van der Waals surface area contributed by atoms with Crippen molar-refractivity contribution in [3.63, 3.8) is 0 Å². The van der Waals surface area contributed by atoms with Crippen LogP contribution in [0.2, 0.25) is 0 Å². The van der Waals surface area contributed by atoms with E-state index in [2.05, 4.69) is 115 Å².